The zero-order valence-corrected chi connectivity index (χ0v) is 8.00. The lowest BCUT2D eigenvalue weighted by Gasteiger charge is -2.16. The van der Waals surface area contributed by atoms with Gasteiger partial charge in [-0.15, -0.1) is 0 Å². The Morgan fingerprint density at radius 2 is 1.81 bits per heavy atom. The van der Waals surface area contributed by atoms with Gasteiger partial charge in [-0.3, -0.25) is 0 Å². The highest BCUT2D eigenvalue weighted by Crippen LogP contribution is 2.53. The monoisotopic (exact) mass is 232 g/mol. The molecule has 2 aliphatic heterocycles. The summed E-state index contributed by atoms with van der Waals surface area (Å²) in [5.41, 5.74) is -2.09. The van der Waals surface area contributed by atoms with Gasteiger partial charge in [0, 0.05) is 0 Å². The summed E-state index contributed by atoms with van der Waals surface area (Å²) in [5, 5.41) is 0. The molecule has 0 radical (unpaired) electrons. The normalized spacial score (nSPS) is 26.9. The van der Waals surface area contributed by atoms with Crippen LogP contribution in [0.15, 0.2) is 18.2 Å². The molecule has 1 aromatic carbocycles. The molecule has 16 heavy (non-hydrogen) atoms. The van der Waals surface area contributed by atoms with Crippen molar-refractivity contribution in [2.24, 2.45) is 0 Å². The zero-order valence-electron chi connectivity index (χ0n) is 8.00. The summed E-state index contributed by atoms with van der Waals surface area (Å²) in [6.07, 6.45) is -4.40. The maximum Gasteiger partial charge on any atom is 0.424 e. The van der Waals surface area contributed by atoms with Crippen molar-refractivity contribution in [3.63, 3.8) is 0 Å². The highest BCUT2D eigenvalue weighted by Gasteiger charge is 2.67. The molecule has 86 valence electrons. The van der Waals surface area contributed by atoms with Gasteiger partial charge in [0.15, 0.2) is 11.5 Å². The molecule has 3 nitrogen and oxygen atoms in total. The Balaban J connectivity index is 2.02. The van der Waals surface area contributed by atoms with Crippen LogP contribution >= 0.6 is 0 Å². The van der Waals surface area contributed by atoms with Gasteiger partial charge >= 0.3 is 6.18 Å². The predicted octanol–water partition coefficient (Wildman–Crippen LogP) is 2.20. The molecule has 1 aromatic rings. The fourth-order valence-corrected chi connectivity index (χ4v) is 1.71. The third-order valence-electron chi connectivity index (χ3n) is 2.73. The van der Waals surface area contributed by atoms with E-state index in [4.69, 9.17) is 9.47 Å². The van der Waals surface area contributed by atoms with Crippen LogP contribution in [-0.4, -0.2) is 19.6 Å². The molecule has 0 aliphatic carbocycles. The lowest BCUT2D eigenvalue weighted by Crippen LogP contribution is -2.30. The summed E-state index contributed by atoms with van der Waals surface area (Å²) < 4.78 is 52.9. The molecule has 2 heterocycles. The Morgan fingerprint density at radius 1 is 1.12 bits per heavy atom. The second kappa shape index (κ2) is 2.82. The van der Waals surface area contributed by atoms with Crippen molar-refractivity contribution in [1.29, 1.82) is 0 Å². The summed E-state index contributed by atoms with van der Waals surface area (Å²) in [7, 11) is 0. The van der Waals surface area contributed by atoms with Gasteiger partial charge in [0.05, 0.1) is 6.61 Å². The van der Waals surface area contributed by atoms with Gasteiger partial charge in [0.2, 0.25) is 12.4 Å². The number of halogens is 3. The molecule has 1 saturated heterocycles. The molecule has 0 spiro atoms. The zero-order chi connectivity index (χ0) is 11.4. The standard InChI is InChI=1S/C10H7F3O3/c11-10(12,13)9(4-16-9)6-1-2-7-8(3-6)15-5-14-7/h1-3H,4-5H2. The van der Waals surface area contributed by atoms with Gasteiger partial charge in [0.1, 0.15) is 0 Å². The predicted molar refractivity (Wildman–Crippen MR) is 46.3 cm³/mol. The van der Waals surface area contributed by atoms with Crippen molar-refractivity contribution in [2.45, 2.75) is 11.8 Å². The van der Waals surface area contributed by atoms with Crippen LogP contribution in [0.25, 0.3) is 0 Å². The molecule has 6 heteroatoms. The Labute approximate surface area is 88.7 Å². The minimum atomic E-state index is -4.40. The van der Waals surface area contributed by atoms with E-state index in [0.717, 1.165) is 0 Å². The minimum absolute atomic E-state index is 0.0403. The lowest BCUT2D eigenvalue weighted by atomic mass is 9.99. The first kappa shape index (κ1) is 9.77. The van der Waals surface area contributed by atoms with Gasteiger partial charge in [-0.1, -0.05) is 6.07 Å². The topological polar surface area (TPSA) is 31.0 Å². The first-order valence-corrected chi connectivity index (χ1v) is 4.64. The number of epoxide rings is 1. The molecule has 0 saturated carbocycles. The number of fused-ring (bicyclic) bond motifs is 1. The van der Waals surface area contributed by atoms with Crippen LogP contribution in [0.1, 0.15) is 5.56 Å². The van der Waals surface area contributed by atoms with E-state index in [1.54, 1.807) is 0 Å². The van der Waals surface area contributed by atoms with Crippen molar-refractivity contribution >= 4 is 0 Å². The average molecular weight is 232 g/mol. The van der Waals surface area contributed by atoms with E-state index in [-0.39, 0.29) is 19.0 Å². The minimum Gasteiger partial charge on any atom is -0.454 e. The van der Waals surface area contributed by atoms with Gasteiger partial charge in [-0.05, 0) is 17.7 Å². The van der Waals surface area contributed by atoms with E-state index in [1.807, 2.05) is 0 Å². The van der Waals surface area contributed by atoms with Crippen LogP contribution in [0, 0.1) is 0 Å². The van der Waals surface area contributed by atoms with Crippen LogP contribution in [0.2, 0.25) is 0 Å². The number of rotatable bonds is 1. The fraction of sp³-hybridized carbons (Fsp3) is 0.400. The molecule has 0 bridgehead atoms. The third kappa shape index (κ3) is 1.19. The number of hydrogen-bond donors (Lipinski definition) is 0. The first-order chi connectivity index (χ1) is 7.53. The summed E-state index contributed by atoms with van der Waals surface area (Å²) >= 11 is 0. The van der Waals surface area contributed by atoms with E-state index >= 15 is 0 Å². The number of benzene rings is 1. The SMILES string of the molecule is FC(F)(F)C1(c2ccc3c(c2)OCO3)CO1. The number of hydrogen-bond acceptors (Lipinski definition) is 3. The molecule has 1 atom stereocenters. The van der Waals surface area contributed by atoms with Crippen molar-refractivity contribution in [3.05, 3.63) is 23.8 Å². The number of ether oxygens (including phenoxy) is 3. The highest BCUT2D eigenvalue weighted by atomic mass is 19.4. The molecule has 0 aromatic heterocycles. The second-order valence-electron chi connectivity index (χ2n) is 3.68. The molecule has 2 aliphatic rings. The van der Waals surface area contributed by atoms with Crippen LogP contribution < -0.4 is 9.47 Å². The van der Waals surface area contributed by atoms with E-state index < -0.39 is 11.8 Å². The molecule has 0 amide bonds. The van der Waals surface area contributed by atoms with Crippen LogP contribution in [0.3, 0.4) is 0 Å². The van der Waals surface area contributed by atoms with Crippen molar-refractivity contribution < 1.29 is 27.4 Å². The first-order valence-electron chi connectivity index (χ1n) is 4.64. The van der Waals surface area contributed by atoms with Gasteiger partial charge in [-0.25, -0.2) is 0 Å². The highest BCUT2D eigenvalue weighted by molar-refractivity contribution is 5.47. The summed E-state index contributed by atoms with van der Waals surface area (Å²) in [5.74, 6) is 0.790. The van der Waals surface area contributed by atoms with Gasteiger partial charge < -0.3 is 14.2 Å². The van der Waals surface area contributed by atoms with Crippen molar-refractivity contribution in [3.8, 4) is 11.5 Å². The van der Waals surface area contributed by atoms with Crippen LogP contribution in [0.5, 0.6) is 11.5 Å². The van der Waals surface area contributed by atoms with E-state index in [1.165, 1.54) is 18.2 Å². The van der Waals surface area contributed by atoms with E-state index in [9.17, 15) is 13.2 Å². The molecular weight excluding hydrogens is 225 g/mol. The average Bonchev–Trinajstić information content (AvgIpc) is 2.91. The smallest absolute Gasteiger partial charge is 0.424 e. The van der Waals surface area contributed by atoms with Crippen molar-refractivity contribution in [2.75, 3.05) is 13.4 Å². The molecule has 1 fully saturated rings. The summed E-state index contributed by atoms with van der Waals surface area (Å²) in [4.78, 5) is 0. The van der Waals surface area contributed by atoms with Crippen LogP contribution in [-0.2, 0) is 10.3 Å². The molecule has 3 rings (SSSR count). The molecule has 1 unspecified atom stereocenters. The second-order valence-corrected chi connectivity index (χ2v) is 3.68. The fourth-order valence-electron chi connectivity index (χ4n) is 1.71. The largest absolute Gasteiger partial charge is 0.454 e. The summed E-state index contributed by atoms with van der Waals surface area (Å²) in [6.45, 7) is -0.297. The van der Waals surface area contributed by atoms with E-state index in [2.05, 4.69) is 4.74 Å². The maximum absolute atomic E-state index is 12.7. The lowest BCUT2D eigenvalue weighted by molar-refractivity contribution is -0.187. The van der Waals surface area contributed by atoms with Crippen LogP contribution in [0.4, 0.5) is 13.2 Å². The van der Waals surface area contributed by atoms with Crippen molar-refractivity contribution in [1.82, 2.24) is 0 Å². The quantitative estimate of drug-likeness (QED) is 0.695. The molecular formula is C10H7F3O3. The Kier molecular flexibility index (Phi) is 1.72. The Morgan fingerprint density at radius 3 is 2.44 bits per heavy atom. The Bertz CT molecular complexity index is 437. The van der Waals surface area contributed by atoms with Gasteiger partial charge in [-0.2, -0.15) is 13.2 Å². The van der Waals surface area contributed by atoms with Gasteiger partial charge in [0.25, 0.3) is 0 Å². The van der Waals surface area contributed by atoms with E-state index in [0.29, 0.717) is 11.5 Å². The molecule has 0 N–H and O–H groups in total. The summed E-state index contributed by atoms with van der Waals surface area (Å²) in [6, 6.07) is 4.14. The number of alkyl halides is 3. The maximum atomic E-state index is 12.7. The Hall–Kier alpha value is -1.43. The third-order valence-corrected chi connectivity index (χ3v) is 2.73.